The van der Waals surface area contributed by atoms with Crippen molar-refractivity contribution in [1.82, 2.24) is 0 Å². The first kappa shape index (κ1) is 19.3. The number of aldehydes is 1. The topological polar surface area (TPSA) is 35.5 Å². The molecule has 3 heteroatoms. The van der Waals surface area contributed by atoms with Crippen LogP contribution in [0.25, 0.3) is 0 Å². The van der Waals surface area contributed by atoms with Crippen LogP contribution < -0.4 is 9.47 Å². The summed E-state index contributed by atoms with van der Waals surface area (Å²) in [7, 11) is 3.29. The van der Waals surface area contributed by atoms with E-state index in [0.29, 0.717) is 6.42 Å². The number of hydrogen-bond acceptors (Lipinski definition) is 3. The first-order valence-electron chi connectivity index (χ1n) is 8.34. The fourth-order valence-electron chi connectivity index (χ4n) is 2.65. The van der Waals surface area contributed by atoms with Gasteiger partial charge in [0, 0.05) is 6.42 Å². The van der Waals surface area contributed by atoms with E-state index < -0.39 is 0 Å². The lowest BCUT2D eigenvalue weighted by molar-refractivity contribution is -0.109. The minimum Gasteiger partial charge on any atom is -0.493 e. The van der Waals surface area contributed by atoms with Gasteiger partial charge in [-0.05, 0) is 35.4 Å². The predicted molar refractivity (Wildman–Crippen MR) is 95.4 cm³/mol. The number of unbranched alkanes of at least 4 members (excludes halogenated alkanes) is 1. The van der Waals surface area contributed by atoms with Gasteiger partial charge in [0.15, 0.2) is 11.5 Å². The third kappa shape index (κ3) is 5.74. The average molecular weight is 318 g/mol. The number of benzene rings is 1. The van der Waals surface area contributed by atoms with Crippen molar-refractivity contribution in [3.05, 3.63) is 35.9 Å². The largest absolute Gasteiger partial charge is 0.493 e. The fraction of sp³-hybridized carbons (Fsp3) is 0.550. The Morgan fingerprint density at radius 2 is 1.91 bits per heavy atom. The second-order valence-corrected chi connectivity index (χ2v) is 6.39. The Labute approximate surface area is 140 Å². The predicted octanol–water partition coefficient (Wildman–Crippen LogP) is 5.15. The van der Waals surface area contributed by atoms with Gasteiger partial charge < -0.3 is 14.3 Å². The molecule has 0 spiro atoms. The SMILES string of the molecule is CCCC[C@@](C)(/C=C/[C@@H](C)c1ccc(OC)c(OC)c1)CC=O. The molecule has 0 saturated carbocycles. The lowest BCUT2D eigenvalue weighted by atomic mass is 9.81. The Morgan fingerprint density at radius 1 is 1.22 bits per heavy atom. The van der Waals surface area contributed by atoms with Gasteiger partial charge in [-0.2, -0.15) is 0 Å². The minimum absolute atomic E-state index is 0.0530. The molecule has 0 N–H and O–H groups in total. The normalized spacial score (nSPS) is 15.2. The van der Waals surface area contributed by atoms with Gasteiger partial charge in [0.25, 0.3) is 0 Å². The van der Waals surface area contributed by atoms with Crippen LogP contribution >= 0.6 is 0 Å². The maximum absolute atomic E-state index is 11.0. The van der Waals surface area contributed by atoms with E-state index in [9.17, 15) is 4.79 Å². The molecule has 0 aliphatic heterocycles. The summed E-state index contributed by atoms with van der Waals surface area (Å²) < 4.78 is 10.6. The molecule has 0 aliphatic rings. The number of ether oxygens (including phenoxy) is 2. The second kappa shape index (κ2) is 9.39. The lowest BCUT2D eigenvalue weighted by Gasteiger charge is -2.24. The van der Waals surface area contributed by atoms with Crippen molar-refractivity contribution < 1.29 is 14.3 Å². The summed E-state index contributed by atoms with van der Waals surface area (Å²) in [5.41, 5.74) is 1.12. The number of allylic oxidation sites excluding steroid dienone is 2. The average Bonchev–Trinajstić information content (AvgIpc) is 2.57. The maximum atomic E-state index is 11.0. The van der Waals surface area contributed by atoms with E-state index in [1.54, 1.807) is 14.2 Å². The van der Waals surface area contributed by atoms with Crippen LogP contribution in [0, 0.1) is 5.41 Å². The lowest BCUT2D eigenvalue weighted by Crippen LogP contribution is -2.14. The van der Waals surface area contributed by atoms with Gasteiger partial charge in [0.2, 0.25) is 0 Å². The van der Waals surface area contributed by atoms with Crippen molar-refractivity contribution in [3.63, 3.8) is 0 Å². The van der Waals surface area contributed by atoms with Crippen LogP contribution in [0.2, 0.25) is 0 Å². The number of methoxy groups -OCH3 is 2. The van der Waals surface area contributed by atoms with Crippen LogP contribution in [-0.4, -0.2) is 20.5 Å². The molecule has 128 valence electrons. The van der Waals surface area contributed by atoms with Gasteiger partial charge in [-0.3, -0.25) is 0 Å². The van der Waals surface area contributed by atoms with E-state index in [1.165, 1.54) is 5.56 Å². The van der Waals surface area contributed by atoms with E-state index in [-0.39, 0.29) is 11.3 Å². The molecule has 0 aliphatic carbocycles. The van der Waals surface area contributed by atoms with Gasteiger partial charge in [0.05, 0.1) is 14.2 Å². The summed E-state index contributed by atoms with van der Waals surface area (Å²) in [4.78, 5) is 11.0. The van der Waals surface area contributed by atoms with Crippen LogP contribution in [0.4, 0.5) is 0 Å². The Bertz CT molecular complexity index is 522. The fourth-order valence-corrected chi connectivity index (χ4v) is 2.65. The summed E-state index contributed by atoms with van der Waals surface area (Å²) in [6, 6.07) is 6.00. The number of carbonyl (C=O) groups is 1. The molecule has 0 heterocycles. The molecule has 0 bridgehead atoms. The summed E-state index contributed by atoms with van der Waals surface area (Å²) in [5, 5.41) is 0. The zero-order chi connectivity index (χ0) is 17.3. The summed E-state index contributed by atoms with van der Waals surface area (Å²) in [5.74, 6) is 1.73. The van der Waals surface area contributed by atoms with Gasteiger partial charge in [-0.1, -0.05) is 51.8 Å². The molecular weight excluding hydrogens is 288 g/mol. The van der Waals surface area contributed by atoms with Crippen molar-refractivity contribution in [1.29, 1.82) is 0 Å². The highest BCUT2D eigenvalue weighted by Crippen LogP contribution is 2.33. The smallest absolute Gasteiger partial charge is 0.161 e. The van der Waals surface area contributed by atoms with Crippen LogP contribution in [0.1, 0.15) is 57.9 Å². The quantitative estimate of drug-likeness (QED) is 0.442. The van der Waals surface area contributed by atoms with E-state index in [1.807, 2.05) is 12.1 Å². The Kier molecular flexibility index (Phi) is 7.87. The first-order valence-corrected chi connectivity index (χ1v) is 8.34. The van der Waals surface area contributed by atoms with Crippen molar-refractivity contribution in [3.8, 4) is 11.5 Å². The van der Waals surface area contributed by atoms with E-state index in [0.717, 1.165) is 37.0 Å². The van der Waals surface area contributed by atoms with Gasteiger partial charge in [-0.15, -0.1) is 0 Å². The summed E-state index contributed by atoms with van der Waals surface area (Å²) >= 11 is 0. The standard InChI is InChI=1S/C20H30O3/c1-6-7-11-20(3,13-14-21)12-10-16(2)17-8-9-18(22-4)19(15-17)23-5/h8-10,12,14-16H,6-7,11,13H2,1-5H3/b12-10+/t16-,20+/m1/s1. The van der Waals surface area contributed by atoms with Crippen LogP contribution in [0.3, 0.4) is 0 Å². The monoisotopic (exact) mass is 318 g/mol. The van der Waals surface area contributed by atoms with Gasteiger partial charge in [-0.25, -0.2) is 0 Å². The molecule has 0 saturated heterocycles. The van der Waals surface area contributed by atoms with Crippen molar-refractivity contribution in [2.75, 3.05) is 14.2 Å². The van der Waals surface area contributed by atoms with Crippen LogP contribution in [-0.2, 0) is 4.79 Å². The van der Waals surface area contributed by atoms with E-state index in [4.69, 9.17) is 9.47 Å². The minimum atomic E-state index is -0.0530. The number of hydrogen-bond donors (Lipinski definition) is 0. The zero-order valence-electron chi connectivity index (χ0n) is 15.1. The highest BCUT2D eigenvalue weighted by molar-refractivity contribution is 5.51. The zero-order valence-corrected chi connectivity index (χ0v) is 15.1. The molecule has 1 rings (SSSR count). The molecule has 2 atom stereocenters. The highest BCUT2D eigenvalue weighted by atomic mass is 16.5. The molecule has 1 aromatic carbocycles. The third-order valence-electron chi connectivity index (χ3n) is 4.37. The summed E-state index contributed by atoms with van der Waals surface area (Å²) in [6.07, 6.45) is 9.33. The van der Waals surface area contributed by atoms with Crippen molar-refractivity contribution >= 4 is 6.29 Å². The molecular formula is C20H30O3. The number of rotatable bonds is 10. The summed E-state index contributed by atoms with van der Waals surface area (Å²) in [6.45, 7) is 6.49. The Hall–Kier alpha value is -1.77. The van der Waals surface area contributed by atoms with Crippen LogP contribution in [0.5, 0.6) is 11.5 Å². The molecule has 3 nitrogen and oxygen atoms in total. The number of carbonyl (C=O) groups excluding carboxylic acids is 1. The van der Waals surface area contributed by atoms with E-state index >= 15 is 0 Å². The molecule has 0 aromatic heterocycles. The molecule has 0 fully saturated rings. The Morgan fingerprint density at radius 3 is 2.48 bits per heavy atom. The molecule has 0 amide bonds. The molecule has 0 unspecified atom stereocenters. The maximum Gasteiger partial charge on any atom is 0.161 e. The molecule has 0 radical (unpaired) electrons. The van der Waals surface area contributed by atoms with Gasteiger partial charge in [0.1, 0.15) is 6.29 Å². The van der Waals surface area contributed by atoms with Crippen molar-refractivity contribution in [2.24, 2.45) is 5.41 Å². The second-order valence-electron chi connectivity index (χ2n) is 6.39. The van der Waals surface area contributed by atoms with Gasteiger partial charge >= 0.3 is 0 Å². The third-order valence-corrected chi connectivity index (χ3v) is 4.37. The highest BCUT2D eigenvalue weighted by Gasteiger charge is 2.20. The van der Waals surface area contributed by atoms with Crippen LogP contribution in [0.15, 0.2) is 30.4 Å². The Balaban J connectivity index is 2.91. The van der Waals surface area contributed by atoms with Crippen molar-refractivity contribution in [2.45, 2.75) is 52.4 Å². The van der Waals surface area contributed by atoms with E-state index in [2.05, 4.69) is 39.0 Å². The first-order chi connectivity index (χ1) is 11.0. The molecule has 23 heavy (non-hydrogen) atoms. The molecule has 1 aromatic rings.